The summed E-state index contributed by atoms with van der Waals surface area (Å²) in [6.45, 7) is 4.60. The number of rotatable bonds is 11. The van der Waals surface area contributed by atoms with Gasteiger partial charge in [-0.3, -0.25) is 0 Å². The number of benzene rings is 3. The van der Waals surface area contributed by atoms with E-state index >= 15 is 0 Å². The predicted octanol–water partition coefficient (Wildman–Crippen LogP) is 5.57. The zero-order chi connectivity index (χ0) is 25.9. The second-order valence-electron chi connectivity index (χ2n) is 8.03. The average molecular weight is 497 g/mol. The third-order valence-electron chi connectivity index (χ3n) is 5.31. The molecule has 37 heavy (non-hydrogen) atoms. The van der Waals surface area contributed by atoms with E-state index in [-0.39, 0.29) is 12.6 Å². The Hall–Kier alpha value is -4.72. The van der Waals surface area contributed by atoms with E-state index in [4.69, 9.17) is 14.2 Å². The van der Waals surface area contributed by atoms with Crippen LogP contribution in [-0.2, 0) is 18.0 Å². The van der Waals surface area contributed by atoms with Gasteiger partial charge in [0.25, 0.3) is 0 Å². The Balaban J connectivity index is 1.48. The van der Waals surface area contributed by atoms with Gasteiger partial charge in [0.15, 0.2) is 0 Å². The summed E-state index contributed by atoms with van der Waals surface area (Å²) in [7, 11) is 0. The molecule has 0 saturated carbocycles. The average Bonchev–Trinajstić information content (AvgIpc) is 2.93. The number of esters is 1. The maximum absolute atomic E-state index is 12.0. The number of carbonyl (C=O) groups excluding carboxylic acids is 1. The number of nitrogens with zero attached hydrogens (tertiary/aromatic N) is 3. The first-order valence-electron chi connectivity index (χ1n) is 11.9. The Morgan fingerprint density at radius 1 is 0.946 bits per heavy atom. The molecule has 0 radical (unpaired) electrons. The van der Waals surface area contributed by atoms with Crippen molar-refractivity contribution in [3.05, 3.63) is 113 Å². The molecule has 4 rings (SSSR count). The molecule has 0 spiro atoms. The molecule has 1 aromatic heterocycles. The SMILES string of the molecule is CCOC(=O)c1cnc(NN=Cc2ccc(OCc3ccccc3)cc2OCc2ccccc2)nc1C. The van der Waals surface area contributed by atoms with Gasteiger partial charge in [-0.2, -0.15) is 5.10 Å². The maximum atomic E-state index is 12.0. The van der Waals surface area contributed by atoms with Crippen LogP contribution in [0.25, 0.3) is 0 Å². The van der Waals surface area contributed by atoms with Crippen molar-refractivity contribution >= 4 is 18.1 Å². The third-order valence-corrected chi connectivity index (χ3v) is 5.31. The van der Waals surface area contributed by atoms with E-state index in [0.717, 1.165) is 16.7 Å². The van der Waals surface area contributed by atoms with Crippen molar-refractivity contribution in [2.75, 3.05) is 12.0 Å². The number of aryl methyl sites for hydroxylation is 1. The zero-order valence-corrected chi connectivity index (χ0v) is 20.8. The van der Waals surface area contributed by atoms with Crippen molar-refractivity contribution in [2.24, 2.45) is 5.10 Å². The number of aromatic nitrogens is 2. The zero-order valence-electron chi connectivity index (χ0n) is 20.8. The molecule has 1 N–H and O–H groups in total. The van der Waals surface area contributed by atoms with Crippen LogP contribution in [0.2, 0.25) is 0 Å². The molecule has 0 saturated heterocycles. The lowest BCUT2D eigenvalue weighted by Crippen LogP contribution is -2.10. The van der Waals surface area contributed by atoms with Gasteiger partial charge in [0.2, 0.25) is 5.95 Å². The van der Waals surface area contributed by atoms with Crippen molar-refractivity contribution < 1.29 is 19.0 Å². The van der Waals surface area contributed by atoms with E-state index < -0.39 is 5.97 Å². The van der Waals surface area contributed by atoms with Crippen molar-refractivity contribution in [1.29, 1.82) is 0 Å². The first-order chi connectivity index (χ1) is 18.1. The van der Waals surface area contributed by atoms with Gasteiger partial charge in [0, 0.05) is 17.8 Å². The Morgan fingerprint density at radius 3 is 2.27 bits per heavy atom. The molecular weight excluding hydrogens is 468 g/mol. The van der Waals surface area contributed by atoms with E-state index in [1.165, 1.54) is 6.20 Å². The van der Waals surface area contributed by atoms with E-state index in [1.807, 2.05) is 78.9 Å². The normalized spacial score (nSPS) is 10.8. The van der Waals surface area contributed by atoms with Gasteiger partial charge >= 0.3 is 5.97 Å². The standard InChI is InChI=1S/C29H28N4O4/c1-3-35-28(34)26-18-30-29(32-21(26)2)33-31-17-24-14-15-25(36-19-22-10-6-4-7-11-22)16-27(24)37-20-23-12-8-5-9-13-23/h4-18H,3,19-20H2,1-2H3,(H,30,32,33). The van der Waals surface area contributed by atoms with Crippen LogP contribution in [0.4, 0.5) is 5.95 Å². The number of hydrogen-bond donors (Lipinski definition) is 1. The maximum Gasteiger partial charge on any atom is 0.341 e. The summed E-state index contributed by atoms with van der Waals surface area (Å²) in [4.78, 5) is 20.4. The largest absolute Gasteiger partial charge is 0.489 e. The highest BCUT2D eigenvalue weighted by Gasteiger charge is 2.12. The topological polar surface area (TPSA) is 94.9 Å². The molecule has 0 bridgehead atoms. The highest BCUT2D eigenvalue weighted by Crippen LogP contribution is 2.26. The van der Waals surface area contributed by atoms with Crippen LogP contribution in [0.3, 0.4) is 0 Å². The van der Waals surface area contributed by atoms with E-state index in [2.05, 4.69) is 20.5 Å². The summed E-state index contributed by atoms with van der Waals surface area (Å²) < 4.78 is 17.1. The molecule has 8 heteroatoms. The van der Waals surface area contributed by atoms with Crippen LogP contribution in [0.15, 0.2) is 90.2 Å². The summed E-state index contributed by atoms with van der Waals surface area (Å²) in [6, 6.07) is 25.5. The molecule has 0 aliphatic heterocycles. The second kappa shape index (κ2) is 12.8. The smallest absolute Gasteiger partial charge is 0.341 e. The molecule has 0 amide bonds. The van der Waals surface area contributed by atoms with Crippen molar-refractivity contribution in [3.63, 3.8) is 0 Å². The molecule has 0 aliphatic carbocycles. The number of anilines is 1. The van der Waals surface area contributed by atoms with Gasteiger partial charge < -0.3 is 14.2 Å². The number of carbonyl (C=O) groups is 1. The minimum Gasteiger partial charge on any atom is -0.489 e. The highest BCUT2D eigenvalue weighted by atomic mass is 16.5. The van der Waals surface area contributed by atoms with Crippen LogP contribution in [0.1, 0.15) is 39.7 Å². The van der Waals surface area contributed by atoms with Gasteiger partial charge in [0.05, 0.1) is 24.1 Å². The molecule has 4 aromatic rings. The molecule has 0 aliphatic rings. The summed E-state index contributed by atoms with van der Waals surface area (Å²) in [5, 5.41) is 4.27. The molecular formula is C29H28N4O4. The molecule has 0 atom stereocenters. The lowest BCUT2D eigenvalue weighted by molar-refractivity contribution is 0.0524. The van der Waals surface area contributed by atoms with Crippen LogP contribution >= 0.6 is 0 Å². The molecule has 1 heterocycles. The minimum atomic E-state index is -0.454. The van der Waals surface area contributed by atoms with E-state index in [9.17, 15) is 4.79 Å². The van der Waals surface area contributed by atoms with Gasteiger partial charge in [-0.25, -0.2) is 20.2 Å². The van der Waals surface area contributed by atoms with Crippen LogP contribution < -0.4 is 14.9 Å². The van der Waals surface area contributed by atoms with Crippen molar-refractivity contribution in [2.45, 2.75) is 27.1 Å². The Bertz CT molecular complexity index is 1340. The van der Waals surface area contributed by atoms with Gasteiger partial charge in [0.1, 0.15) is 24.7 Å². The number of hydrogen-bond acceptors (Lipinski definition) is 8. The fraction of sp³-hybridized carbons (Fsp3) is 0.172. The summed E-state index contributed by atoms with van der Waals surface area (Å²) >= 11 is 0. The van der Waals surface area contributed by atoms with Crippen molar-refractivity contribution in [3.8, 4) is 11.5 Å². The molecule has 0 unspecified atom stereocenters. The lowest BCUT2D eigenvalue weighted by atomic mass is 10.2. The summed E-state index contributed by atoms with van der Waals surface area (Å²) in [6.07, 6.45) is 3.05. The number of hydrazone groups is 1. The summed E-state index contributed by atoms with van der Waals surface area (Å²) in [5.74, 6) is 1.11. The van der Waals surface area contributed by atoms with Gasteiger partial charge in [-0.15, -0.1) is 0 Å². The van der Waals surface area contributed by atoms with Gasteiger partial charge in [-0.05, 0) is 37.1 Å². The molecule has 3 aromatic carbocycles. The van der Waals surface area contributed by atoms with E-state index in [1.54, 1.807) is 20.1 Å². The molecule has 188 valence electrons. The summed E-state index contributed by atoms with van der Waals surface area (Å²) in [5.41, 5.74) is 6.49. The molecule has 8 nitrogen and oxygen atoms in total. The quantitative estimate of drug-likeness (QED) is 0.165. The van der Waals surface area contributed by atoms with Gasteiger partial charge in [-0.1, -0.05) is 60.7 Å². The number of nitrogens with one attached hydrogen (secondary N) is 1. The first-order valence-corrected chi connectivity index (χ1v) is 11.9. The lowest BCUT2D eigenvalue weighted by Gasteiger charge is -2.12. The monoisotopic (exact) mass is 496 g/mol. The van der Waals surface area contributed by atoms with Crippen LogP contribution in [0, 0.1) is 6.92 Å². The Morgan fingerprint density at radius 2 is 1.62 bits per heavy atom. The fourth-order valence-corrected chi connectivity index (χ4v) is 3.40. The second-order valence-corrected chi connectivity index (χ2v) is 8.03. The van der Waals surface area contributed by atoms with Crippen LogP contribution in [0.5, 0.6) is 11.5 Å². The first kappa shape index (κ1) is 25.4. The Kier molecular flexibility index (Phi) is 8.80. The van der Waals surface area contributed by atoms with Crippen LogP contribution in [-0.4, -0.2) is 28.8 Å². The predicted molar refractivity (Wildman–Crippen MR) is 142 cm³/mol. The van der Waals surface area contributed by atoms with Crippen molar-refractivity contribution in [1.82, 2.24) is 9.97 Å². The number of ether oxygens (including phenoxy) is 3. The molecule has 0 fully saturated rings. The highest BCUT2D eigenvalue weighted by molar-refractivity contribution is 5.90. The Labute approximate surface area is 216 Å². The van der Waals surface area contributed by atoms with E-state index in [0.29, 0.717) is 36.0 Å². The fourth-order valence-electron chi connectivity index (χ4n) is 3.40. The third kappa shape index (κ3) is 7.38. The minimum absolute atomic E-state index is 0.261.